The molecule has 0 aliphatic carbocycles. The zero-order valence-corrected chi connectivity index (χ0v) is 9.13. The van der Waals surface area contributed by atoms with Gasteiger partial charge in [-0.2, -0.15) is 13.2 Å². The highest BCUT2D eigenvalue weighted by atomic mass is 19.4. The molecule has 0 heterocycles. The van der Waals surface area contributed by atoms with Crippen LogP contribution < -0.4 is 5.73 Å². The van der Waals surface area contributed by atoms with Crippen LogP contribution >= 0.6 is 0 Å². The van der Waals surface area contributed by atoms with Crippen LogP contribution in [-0.2, 0) is 6.18 Å². The molecule has 94 valence electrons. The lowest BCUT2D eigenvalue weighted by atomic mass is 10.0. The van der Waals surface area contributed by atoms with Gasteiger partial charge in [-0.05, 0) is 29.8 Å². The van der Waals surface area contributed by atoms with Crippen molar-refractivity contribution in [3.8, 4) is 11.1 Å². The Morgan fingerprint density at radius 3 is 2.22 bits per heavy atom. The summed E-state index contributed by atoms with van der Waals surface area (Å²) in [5.74, 6) is -0.466. The SMILES string of the molecule is Nc1cc(C(F)(F)F)ccc1-c1cccc(F)c1. The second-order valence-electron chi connectivity index (χ2n) is 3.81. The van der Waals surface area contributed by atoms with Gasteiger partial charge in [-0.3, -0.25) is 0 Å². The molecule has 0 saturated heterocycles. The number of rotatable bonds is 1. The molecule has 0 unspecified atom stereocenters. The molecule has 0 spiro atoms. The van der Waals surface area contributed by atoms with Gasteiger partial charge in [0.2, 0.25) is 0 Å². The van der Waals surface area contributed by atoms with Gasteiger partial charge in [0.05, 0.1) is 5.56 Å². The molecule has 0 atom stereocenters. The molecule has 0 bridgehead atoms. The van der Waals surface area contributed by atoms with E-state index in [0.717, 1.165) is 12.1 Å². The molecular formula is C13H9F4N. The first-order valence-electron chi connectivity index (χ1n) is 5.10. The molecule has 1 nitrogen and oxygen atoms in total. The Labute approximate surface area is 101 Å². The summed E-state index contributed by atoms with van der Waals surface area (Å²) in [7, 11) is 0. The van der Waals surface area contributed by atoms with E-state index >= 15 is 0 Å². The van der Waals surface area contributed by atoms with Crippen molar-refractivity contribution < 1.29 is 17.6 Å². The highest BCUT2D eigenvalue weighted by molar-refractivity contribution is 5.76. The fourth-order valence-electron chi connectivity index (χ4n) is 1.66. The van der Waals surface area contributed by atoms with Gasteiger partial charge < -0.3 is 5.73 Å². The molecule has 18 heavy (non-hydrogen) atoms. The van der Waals surface area contributed by atoms with Crippen molar-refractivity contribution in [1.82, 2.24) is 0 Å². The van der Waals surface area contributed by atoms with Crippen LogP contribution in [0.2, 0.25) is 0 Å². The zero-order chi connectivity index (χ0) is 13.3. The summed E-state index contributed by atoms with van der Waals surface area (Å²) in [4.78, 5) is 0. The van der Waals surface area contributed by atoms with Gasteiger partial charge in [0, 0.05) is 11.3 Å². The molecule has 2 aromatic carbocycles. The fourth-order valence-corrected chi connectivity index (χ4v) is 1.66. The smallest absolute Gasteiger partial charge is 0.398 e. The van der Waals surface area contributed by atoms with Crippen LogP contribution in [-0.4, -0.2) is 0 Å². The number of benzene rings is 2. The standard InChI is InChI=1S/C13H9F4N/c14-10-3-1-2-8(6-10)11-5-4-9(7-12(11)18)13(15,16)17/h1-7H,18H2. The van der Waals surface area contributed by atoms with Crippen LogP contribution in [0, 0.1) is 5.82 Å². The lowest BCUT2D eigenvalue weighted by Crippen LogP contribution is -2.06. The van der Waals surface area contributed by atoms with E-state index in [0.29, 0.717) is 11.1 Å². The summed E-state index contributed by atoms with van der Waals surface area (Å²) < 4.78 is 50.4. The predicted octanol–water partition coefficient (Wildman–Crippen LogP) is 4.09. The Morgan fingerprint density at radius 2 is 1.67 bits per heavy atom. The summed E-state index contributed by atoms with van der Waals surface area (Å²) in [5, 5.41) is 0. The summed E-state index contributed by atoms with van der Waals surface area (Å²) >= 11 is 0. The normalized spacial score (nSPS) is 11.6. The second kappa shape index (κ2) is 4.33. The van der Waals surface area contributed by atoms with E-state index in [2.05, 4.69) is 0 Å². The van der Waals surface area contributed by atoms with Crippen molar-refractivity contribution in [1.29, 1.82) is 0 Å². The number of hydrogen-bond donors (Lipinski definition) is 1. The Morgan fingerprint density at radius 1 is 0.944 bits per heavy atom. The molecule has 0 aliphatic heterocycles. The summed E-state index contributed by atoms with van der Waals surface area (Å²) in [6.45, 7) is 0. The number of anilines is 1. The first kappa shape index (κ1) is 12.4. The van der Waals surface area contributed by atoms with Crippen molar-refractivity contribution in [3.63, 3.8) is 0 Å². The summed E-state index contributed by atoms with van der Waals surface area (Å²) in [6.07, 6.45) is -4.44. The average molecular weight is 255 g/mol. The molecule has 0 aromatic heterocycles. The van der Waals surface area contributed by atoms with E-state index in [1.807, 2.05) is 0 Å². The van der Waals surface area contributed by atoms with Gasteiger partial charge in [0.1, 0.15) is 5.82 Å². The summed E-state index contributed by atoms with van der Waals surface area (Å²) in [5.41, 5.74) is 5.55. The second-order valence-corrected chi connectivity index (χ2v) is 3.81. The third-order valence-corrected chi connectivity index (χ3v) is 2.51. The number of halogens is 4. The topological polar surface area (TPSA) is 26.0 Å². The maximum absolute atomic E-state index is 13.0. The number of alkyl halides is 3. The maximum Gasteiger partial charge on any atom is 0.416 e. The van der Waals surface area contributed by atoms with Crippen LogP contribution in [0.15, 0.2) is 42.5 Å². The number of nitrogens with two attached hydrogens (primary N) is 1. The van der Waals surface area contributed by atoms with Crippen molar-refractivity contribution in [2.45, 2.75) is 6.18 Å². The van der Waals surface area contributed by atoms with E-state index in [-0.39, 0.29) is 5.69 Å². The molecule has 0 radical (unpaired) electrons. The number of hydrogen-bond acceptors (Lipinski definition) is 1. The van der Waals surface area contributed by atoms with Gasteiger partial charge in [0.15, 0.2) is 0 Å². The van der Waals surface area contributed by atoms with Crippen LogP contribution in [0.5, 0.6) is 0 Å². The predicted molar refractivity (Wildman–Crippen MR) is 61.3 cm³/mol. The molecule has 5 heteroatoms. The fraction of sp³-hybridized carbons (Fsp3) is 0.0769. The van der Waals surface area contributed by atoms with Crippen molar-refractivity contribution in [2.75, 3.05) is 5.73 Å². The summed E-state index contributed by atoms with van der Waals surface area (Å²) in [6, 6.07) is 8.55. The van der Waals surface area contributed by atoms with Crippen molar-refractivity contribution in [3.05, 3.63) is 53.8 Å². The van der Waals surface area contributed by atoms with E-state index < -0.39 is 17.6 Å². The molecule has 0 aliphatic rings. The first-order chi connectivity index (χ1) is 8.38. The van der Waals surface area contributed by atoms with E-state index in [1.165, 1.54) is 24.3 Å². The maximum atomic E-state index is 13.0. The Bertz CT molecular complexity index is 575. The Hall–Kier alpha value is -2.04. The lowest BCUT2D eigenvalue weighted by Gasteiger charge is -2.11. The molecule has 2 rings (SSSR count). The lowest BCUT2D eigenvalue weighted by molar-refractivity contribution is -0.137. The van der Waals surface area contributed by atoms with Gasteiger partial charge >= 0.3 is 6.18 Å². The van der Waals surface area contributed by atoms with Gasteiger partial charge in [-0.1, -0.05) is 18.2 Å². The third-order valence-electron chi connectivity index (χ3n) is 2.51. The molecule has 0 amide bonds. The van der Waals surface area contributed by atoms with Crippen LogP contribution in [0.3, 0.4) is 0 Å². The van der Waals surface area contributed by atoms with Gasteiger partial charge in [-0.15, -0.1) is 0 Å². The highest BCUT2D eigenvalue weighted by Gasteiger charge is 2.30. The van der Waals surface area contributed by atoms with Crippen LogP contribution in [0.25, 0.3) is 11.1 Å². The first-order valence-corrected chi connectivity index (χ1v) is 5.10. The van der Waals surface area contributed by atoms with E-state index in [9.17, 15) is 17.6 Å². The quantitative estimate of drug-likeness (QED) is 0.602. The van der Waals surface area contributed by atoms with Gasteiger partial charge in [0.25, 0.3) is 0 Å². The minimum Gasteiger partial charge on any atom is -0.398 e. The highest BCUT2D eigenvalue weighted by Crippen LogP contribution is 2.34. The van der Waals surface area contributed by atoms with Crippen LogP contribution in [0.4, 0.5) is 23.2 Å². The average Bonchev–Trinajstić information content (AvgIpc) is 2.27. The van der Waals surface area contributed by atoms with Crippen LogP contribution in [0.1, 0.15) is 5.56 Å². The molecule has 0 saturated carbocycles. The molecule has 2 N–H and O–H groups in total. The minimum absolute atomic E-state index is 0.0320. The minimum atomic E-state index is -4.44. The van der Waals surface area contributed by atoms with E-state index in [1.54, 1.807) is 6.07 Å². The number of nitrogen functional groups attached to an aromatic ring is 1. The molecule has 2 aromatic rings. The van der Waals surface area contributed by atoms with Crippen molar-refractivity contribution in [2.24, 2.45) is 0 Å². The largest absolute Gasteiger partial charge is 0.416 e. The molecular weight excluding hydrogens is 246 g/mol. The zero-order valence-electron chi connectivity index (χ0n) is 9.13. The van der Waals surface area contributed by atoms with E-state index in [4.69, 9.17) is 5.73 Å². The Balaban J connectivity index is 2.48. The van der Waals surface area contributed by atoms with Crippen molar-refractivity contribution >= 4 is 5.69 Å². The third kappa shape index (κ3) is 2.45. The Kier molecular flexibility index (Phi) is 2.98. The van der Waals surface area contributed by atoms with Gasteiger partial charge in [-0.25, -0.2) is 4.39 Å². The molecule has 0 fully saturated rings. The monoisotopic (exact) mass is 255 g/mol.